The summed E-state index contributed by atoms with van der Waals surface area (Å²) in [7, 11) is 0. The Bertz CT molecular complexity index is 384. The summed E-state index contributed by atoms with van der Waals surface area (Å²) < 4.78 is 14.0. The van der Waals surface area contributed by atoms with Gasteiger partial charge in [-0.15, -0.1) is 0 Å². The van der Waals surface area contributed by atoms with Gasteiger partial charge in [0.25, 0.3) is 0 Å². The molecule has 2 rings (SSSR count). The highest BCUT2D eigenvalue weighted by Gasteiger charge is 2.21. The maximum atomic E-state index is 14.0. The monoisotopic (exact) mass is 216 g/mol. The molecular weight excluding hydrogens is 203 g/mol. The molecule has 0 spiro atoms. The maximum absolute atomic E-state index is 14.0. The second-order valence-corrected chi connectivity index (χ2v) is 3.67. The van der Waals surface area contributed by atoms with Crippen LogP contribution in [-0.4, -0.2) is 5.11 Å². The van der Waals surface area contributed by atoms with Crippen molar-refractivity contribution in [3.05, 3.63) is 71.8 Å². The Balaban J connectivity index is 2.20. The van der Waals surface area contributed by atoms with Gasteiger partial charge in [0.15, 0.2) is 6.17 Å². The average Bonchev–Trinajstić information content (AvgIpc) is 2.39. The van der Waals surface area contributed by atoms with E-state index in [0.717, 1.165) is 0 Å². The molecule has 1 nitrogen and oxygen atoms in total. The van der Waals surface area contributed by atoms with Crippen molar-refractivity contribution in [2.24, 2.45) is 0 Å². The largest absolute Gasteiger partial charge is 0.385 e. The van der Waals surface area contributed by atoms with Crippen LogP contribution in [0, 0.1) is 0 Å². The Morgan fingerprint density at radius 3 is 1.69 bits per heavy atom. The molecule has 82 valence electrons. The van der Waals surface area contributed by atoms with E-state index in [4.69, 9.17) is 0 Å². The second-order valence-electron chi connectivity index (χ2n) is 3.67. The number of hydrogen-bond donors (Lipinski definition) is 1. The van der Waals surface area contributed by atoms with Gasteiger partial charge in [-0.2, -0.15) is 0 Å². The van der Waals surface area contributed by atoms with Crippen LogP contribution < -0.4 is 0 Å². The highest BCUT2D eigenvalue weighted by molar-refractivity contribution is 5.24. The van der Waals surface area contributed by atoms with Crippen LogP contribution in [0.3, 0.4) is 0 Å². The minimum atomic E-state index is -1.39. The number of rotatable bonds is 3. The highest BCUT2D eigenvalue weighted by atomic mass is 19.1. The number of halogens is 1. The lowest BCUT2D eigenvalue weighted by Gasteiger charge is -2.16. The molecule has 0 aliphatic heterocycles. The topological polar surface area (TPSA) is 20.2 Å². The second kappa shape index (κ2) is 4.90. The molecule has 0 saturated heterocycles. The lowest BCUT2D eigenvalue weighted by molar-refractivity contribution is 0.0775. The van der Waals surface area contributed by atoms with Crippen LogP contribution in [0.2, 0.25) is 0 Å². The molecule has 2 aromatic carbocycles. The predicted molar refractivity (Wildman–Crippen MR) is 61.7 cm³/mol. The summed E-state index contributed by atoms with van der Waals surface area (Å²) in [4.78, 5) is 0. The minimum absolute atomic E-state index is 0.499. The molecule has 0 heterocycles. The summed E-state index contributed by atoms with van der Waals surface area (Å²) in [6.07, 6.45) is -2.49. The van der Waals surface area contributed by atoms with Crippen LogP contribution >= 0.6 is 0 Å². The van der Waals surface area contributed by atoms with E-state index >= 15 is 0 Å². The summed E-state index contributed by atoms with van der Waals surface area (Å²) in [5.74, 6) is 0. The van der Waals surface area contributed by atoms with E-state index in [2.05, 4.69) is 0 Å². The summed E-state index contributed by atoms with van der Waals surface area (Å²) >= 11 is 0. The van der Waals surface area contributed by atoms with Gasteiger partial charge in [-0.3, -0.25) is 0 Å². The fourth-order valence-corrected chi connectivity index (χ4v) is 1.64. The third kappa shape index (κ3) is 2.28. The zero-order valence-corrected chi connectivity index (χ0v) is 8.75. The molecule has 0 radical (unpaired) electrons. The molecule has 0 aromatic heterocycles. The van der Waals surface area contributed by atoms with E-state index < -0.39 is 12.3 Å². The first-order valence-electron chi connectivity index (χ1n) is 5.21. The third-order valence-corrected chi connectivity index (χ3v) is 2.54. The van der Waals surface area contributed by atoms with E-state index in [1.807, 2.05) is 12.1 Å². The van der Waals surface area contributed by atoms with Crippen molar-refractivity contribution in [2.45, 2.75) is 12.3 Å². The van der Waals surface area contributed by atoms with Crippen molar-refractivity contribution < 1.29 is 9.50 Å². The Hall–Kier alpha value is -1.67. The zero-order chi connectivity index (χ0) is 11.4. The Morgan fingerprint density at radius 1 is 0.750 bits per heavy atom. The summed E-state index contributed by atoms with van der Waals surface area (Å²) in [5, 5.41) is 9.87. The molecule has 0 aliphatic carbocycles. The van der Waals surface area contributed by atoms with Crippen molar-refractivity contribution in [2.75, 3.05) is 0 Å². The Labute approximate surface area is 94.2 Å². The number of aliphatic hydroxyl groups is 1. The quantitative estimate of drug-likeness (QED) is 0.833. The van der Waals surface area contributed by atoms with E-state index in [1.165, 1.54) is 0 Å². The van der Waals surface area contributed by atoms with Crippen LogP contribution in [-0.2, 0) is 0 Å². The van der Waals surface area contributed by atoms with E-state index in [1.54, 1.807) is 48.5 Å². The molecule has 0 fully saturated rings. The van der Waals surface area contributed by atoms with Gasteiger partial charge in [0, 0.05) is 0 Å². The highest BCUT2D eigenvalue weighted by Crippen LogP contribution is 2.31. The van der Waals surface area contributed by atoms with Gasteiger partial charge in [0.2, 0.25) is 0 Å². The molecule has 2 aromatic rings. The first-order chi connectivity index (χ1) is 7.79. The van der Waals surface area contributed by atoms with Crippen LogP contribution in [0.25, 0.3) is 0 Å². The molecule has 0 unspecified atom stereocenters. The maximum Gasteiger partial charge on any atom is 0.155 e. The SMILES string of the molecule is O[C@H](c1ccccc1)[C@@H](F)c1ccccc1. The number of aliphatic hydroxyl groups excluding tert-OH is 1. The van der Waals surface area contributed by atoms with E-state index in [0.29, 0.717) is 11.1 Å². The van der Waals surface area contributed by atoms with Crippen LogP contribution in [0.15, 0.2) is 60.7 Å². The fraction of sp³-hybridized carbons (Fsp3) is 0.143. The van der Waals surface area contributed by atoms with Gasteiger partial charge in [-0.1, -0.05) is 60.7 Å². The molecule has 16 heavy (non-hydrogen) atoms. The third-order valence-electron chi connectivity index (χ3n) is 2.54. The predicted octanol–water partition coefficient (Wildman–Crippen LogP) is 3.43. The van der Waals surface area contributed by atoms with Gasteiger partial charge in [0.1, 0.15) is 6.10 Å². The van der Waals surface area contributed by atoms with Gasteiger partial charge >= 0.3 is 0 Å². The molecule has 2 atom stereocenters. The van der Waals surface area contributed by atoms with Crippen LogP contribution in [0.5, 0.6) is 0 Å². The average molecular weight is 216 g/mol. The van der Waals surface area contributed by atoms with Crippen LogP contribution in [0.4, 0.5) is 4.39 Å². The van der Waals surface area contributed by atoms with Crippen molar-refractivity contribution in [1.82, 2.24) is 0 Å². The summed E-state index contributed by atoms with van der Waals surface area (Å²) in [6, 6.07) is 17.6. The van der Waals surface area contributed by atoms with E-state index in [9.17, 15) is 9.50 Å². The number of benzene rings is 2. The minimum Gasteiger partial charge on any atom is -0.385 e. The zero-order valence-electron chi connectivity index (χ0n) is 8.75. The van der Waals surface area contributed by atoms with Crippen LogP contribution in [0.1, 0.15) is 23.4 Å². The molecule has 0 saturated carbocycles. The normalized spacial score (nSPS) is 14.4. The molecule has 2 heteroatoms. The molecule has 0 amide bonds. The first kappa shape index (κ1) is 10.8. The van der Waals surface area contributed by atoms with Crippen molar-refractivity contribution in [1.29, 1.82) is 0 Å². The van der Waals surface area contributed by atoms with Crippen molar-refractivity contribution >= 4 is 0 Å². The fourth-order valence-electron chi connectivity index (χ4n) is 1.64. The molecule has 1 N–H and O–H groups in total. The number of hydrogen-bond acceptors (Lipinski definition) is 1. The van der Waals surface area contributed by atoms with Gasteiger partial charge < -0.3 is 5.11 Å². The smallest absolute Gasteiger partial charge is 0.155 e. The van der Waals surface area contributed by atoms with Gasteiger partial charge in [-0.05, 0) is 11.1 Å². The van der Waals surface area contributed by atoms with Crippen molar-refractivity contribution in [3.8, 4) is 0 Å². The summed E-state index contributed by atoms with van der Waals surface area (Å²) in [5.41, 5.74) is 1.10. The standard InChI is InChI=1S/C14H13FO/c15-13(11-7-3-1-4-8-11)14(16)12-9-5-2-6-10-12/h1-10,13-14,16H/t13-,14+/m0/s1. The Kier molecular flexibility index (Phi) is 3.32. The molecule has 0 bridgehead atoms. The lowest BCUT2D eigenvalue weighted by atomic mass is 10.00. The number of alkyl halides is 1. The van der Waals surface area contributed by atoms with Crippen molar-refractivity contribution in [3.63, 3.8) is 0 Å². The first-order valence-corrected chi connectivity index (χ1v) is 5.21. The summed E-state index contributed by atoms with van der Waals surface area (Å²) in [6.45, 7) is 0. The molecule has 0 aliphatic rings. The lowest BCUT2D eigenvalue weighted by Crippen LogP contribution is -2.06. The van der Waals surface area contributed by atoms with E-state index in [-0.39, 0.29) is 0 Å². The Morgan fingerprint density at radius 2 is 1.19 bits per heavy atom. The molecular formula is C14H13FO. The van der Waals surface area contributed by atoms with Gasteiger partial charge in [-0.25, -0.2) is 4.39 Å². The van der Waals surface area contributed by atoms with Gasteiger partial charge in [0.05, 0.1) is 0 Å².